The highest BCUT2D eigenvalue weighted by Gasteiger charge is 2.22. The summed E-state index contributed by atoms with van der Waals surface area (Å²) >= 11 is 0. The Morgan fingerprint density at radius 2 is 0.875 bits per heavy atom. The molecule has 0 bridgehead atoms. The topological polar surface area (TPSA) is 74.3 Å². The van der Waals surface area contributed by atoms with Crippen molar-refractivity contribution < 1.29 is 0 Å². The van der Waals surface area contributed by atoms with E-state index >= 15 is 0 Å². The third kappa shape index (κ3) is 6.60. The van der Waals surface area contributed by atoms with Crippen LogP contribution in [0.1, 0.15) is 0 Å². The maximum absolute atomic E-state index is 5.39. The van der Waals surface area contributed by atoms with Crippen LogP contribution in [0.25, 0.3) is 113 Å². The average molecular weight is 820 g/mol. The van der Waals surface area contributed by atoms with E-state index in [1.54, 1.807) is 0 Å². The van der Waals surface area contributed by atoms with Gasteiger partial charge in [-0.25, -0.2) is 15.0 Å². The Bertz CT molecular complexity index is 3490. The van der Waals surface area contributed by atoms with Crippen molar-refractivity contribution in [2.24, 2.45) is 0 Å². The number of benzene rings is 8. The van der Waals surface area contributed by atoms with Gasteiger partial charge in [-0.15, -0.1) is 0 Å². The van der Waals surface area contributed by atoms with Crippen LogP contribution in [0.3, 0.4) is 0 Å². The van der Waals surface area contributed by atoms with Crippen molar-refractivity contribution in [3.05, 3.63) is 225 Å². The molecule has 2 aliphatic rings. The number of rotatable bonds is 8. The first kappa shape index (κ1) is 37.0. The van der Waals surface area contributed by atoms with Crippen LogP contribution in [-0.4, -0.2) is 34.1 Å². The molecule has 0 aliphatic carbocycles. The van der Waals surface area contributed by atoms with Crippen LogP contribution in [0.4, 0.5) is 0 Å². The fourth-order valence-electron chi connectivity index (χ4n) is 8.73. The van der Waals surface area contributed by atoms with Crippen LogP contribution < -0.4 is 0 Å². The van der Waals surface area contributed by atoms with Crippen molar-refractivity contribution >= 4 is 21.9 Å². The zero-order valence-corrected chi connectivity index (χ0v) is 34.5. The van der Waals surface area contributed by atoms with Crippen LogP contribution in [0.5, 0.6) is 0 Å². The van der Waals surface area contributed by atoms with Crippen LogP contribution in [-0.2, 0) is 0 Å². The predicted octanol–water partition coefficient (Wildman–Crippen LogP) is 13.7. The fourth-order valence-corrected chi connectivity index (χ4v) is 8.73. The smallest absolute Gasteiger partial charge is 0.239 e. The Morgan fingerprint density at radius 1 is 0.328 bits per heavy atom. The molecule has 0 saturated heterocycles. The standard InChI is InChI=1S/C57H37N7/c1-4-16-38(17-5-1)42-20-12-22-44(36-42)53-60-54(45-23-13-21-43(37-45)39-18-6-2-7-19-39)62-57(61-53)63-35-15-28-49-48-27-14-26-47(52(48)59-56(49)63)40-31-33-41(34-32-40)55-58-50-29-10-11-30-51(50)64(55)46-24-8-3-9-25-46/h1-37H. The molecule has 2 aliphatic heterocycles. The number of hydrogen-bond donors (Lipinski definition) is 0. The molecule has 64 heavy (non-hydrogen) atoms. The van der Waals surface area contributed by atoms with Crippen molar-refractivity contribution in [3.8, 4) is 90.6 Å². The zero-order valence-electron chi connectivity index (χ0n) is 34.5. The summed E-state index contributed by atoms with van der Waals surface area (Å²) in [6, 6.07) is 75.4. The maximum atomic E-state index is 5.39. The normalized spacial score (nSPS) is 11.4. The first-order chi connectivity index (χ1) is 31.7. The number of imidazole rings is 1. The molecule has 2 aromatic heterocycles. The number of pyridine rings is 1. The van der Waals surface area contributed by atoms with Crippen molar-refractivity contribution in [1.29, 1.82) is 0 Å². The van der Waals surface area contributed by atoms with E-state index in [2.05, 4.69) is 193 Å². The summed E-state index contributed by atoms with van der Waals surface area (Å²) in [5.74, 6) is 3.29. The van der Waals surface area contributed by atoms with Crippen molar-refractivity contribution in [2.45, 2.75) is 0 Å². The van der Waals surface area contributed by atoms with Gasteiger partial charge in [0, 0.05) is 45.1 Å². The van der Waals surface area contributed by atoms with E-state index in [0.717, 1.165) is 94.9 Å². The largest absolute Gasteiger partial charge is 0.292 e. The molecule has 7 heteroatoms. The van der Waals surface area contributed by atoms with E-state index in [0.29, 0.717) is 17.6 Å². The van der Waals surface area contributed by atoms with Crippen LogP contribution in [0.15, 0.2) is 225 Å². The summed E-state index contributed by atoms with van der Waals surface area (Å²) in [5, 5.41) is 1.05. The highest BCUT2D eigenvalue weighted by molar-refractivity contribution is 6.04. The summed E-state index contributed by atoms with van der Waals surface area (Å²) in [6.07, 6.45) is 1.99. The molecular formula is C57H37N7. The number of hydrogen-bond acceptors (Lipinski definition) is 5. The van der Waals surface area contributed by atoms with Crippen LogP contribution in [0.2, 0.25) is 0 Å². The van der Waals surface area contributed by atoms with Gasteiger partial charge in [0.1, 0.15) is 11.6 Å². The van der Waals surface area contributed by atoms with Crippen molar-refractivity contribution in [3.63, 3.8) is 0 Å². The lowest BCUT2D eigenvalue weighted by Gasteiger charge is -2.13. The number of nitrogens with zero attached hydrogens (tertiary/aromatic N) is 7. The molecule has 0 spiro atoms. The molecule has 4 heterocycles. The van der Waals surface area contributed by atoms with E-state index in [9.17, 15) is 0 Å². The second-order valence-electron chi connectivity index (χ2n) is 15.8. The minimum atomic E-state index is 0.482. The third-order valence-electron chi connectivity index (χ3n) is 11.8. The van der Waals surface area contributed by atoms with E-state index in [1.165, 1.54) is 0 Å². The summed E-state index contributed by atoms with van der Waals surface area (Å²) in [7, 11) is 0. The summed E-state index contributed by atoms with van der Waals surface area (Å²) in [6.45, 7) is 0. The molecule has 0 N–H and O–H groups in total. The van der Waals surface area contributed by atoms with Crippen LogP contribution >= 0.6 is 0 Å². The number of fused-ring (bicyclic) bond motifs is 4. The lowest BCUT2D eigenvalue weighted by Crippen LogP contribution is -2.09. The van der Waals surface area contributed by atoms with E-state index in [-0.39, 0.29) is 0 Å². The minimum Gasteiger partial charge on any atom is -0.292 e. The van der Waals surface area contributed by atoms with Crippen molar-refractivity contribution in [2.75, 3.05) is 0 Å². The lowest BCUT2D eigenvalue weighted by molar-refractivity contribution is 0.892. The highest BCUT2D eigenvalue weighted by atomic mass is 15.2. The molecule has 0 atom stereocenters. The van der Waals surface area contributed by atoms with Gasteiger partial charge < -0.3 is 0 Å². The summed E-state index contributed by atoms with van der Waals surface area (Å²) in [4.78, 5) is 26.0. The SMILES string of the molecule is c1ccc(-c2cccc(-c3nc(-c4cccc(-c5ccccc5)c4)nc(-n4cccc5c6cccc(-c7ccc(-c8nc9ccccc9n8-c8ccccc8)cc7)c6nc4-5)n3)c2)cc1. The first-order valence-corrected chi connectivity index (χ1v) is 21.3. The zero-order chi connectivity index (χ0) is 42.4. The Hall–Kier alpha value is -8.81. The second kappa shape index (κ2) is 15.6. The molecule has 0 unspecified atom stereocenters. The molecule has 0 fully saturated rings. The van der Waals surface area contributed by atoms with E-state index < -0.39 is 0 Å². The molecule has 10 aromatic rings. The van der Waals surface area contributed by atoms with Gasteiger partial charge >= 0.3 is 0 Å². The van der Waals surface area contributed by atoms with Gasteiger partial charge in [-0.3, -0.25) is 9.13 Å². The predicted molar refractivity (Wildman–Crippen MR) is 258 cm³/mol. The number of aromatic nitrogens is 7. The molecule has 300 valence electrons. The Balaban J connectivity index is 0.981. The minimum absolute atomic E-state index is 0.482. The molecule has 0 saturated carbocycles. The van der Waals surface area contributed by atoms with E-state index in [4.69, 9.17) is 24.9 Å². The molecule has 7 nitrogen and oxygen atoms in total. The van der Waals surface area contributed by atoms with Gasteiger partial charge in [0.2, 0.25) is 5.95 Å². The van der Waals surface area contributed by atoms with Gasteiger partial charge in [0.05, 0.1) is 16.6 Å². The van der Waals surface area contributed by atoms with Gasteiger partial charge in [-0.1, -0.05) is 170 Å². The van der Waals surface area contributed by atoms with Gasteiger partial charge in [-0.05, 0) is 76.3 Å². The summed E-state index contributed by atoms with van der Waals surface area (Å²) < 4.78 is 4.22. The molecule has 12 rings (SSSR count). The van der Waals surface area contributed by atoms with E-state index in [1.807, 2.05) is 41.1 Å². The monoisotopic (exact) mass is 819 g/mol. The Morgan fingerprint density at radius 3 is 1.55 bits per heavy atom. The molecule has 8 aromatic carbocycles. The van der Waals surface area contributed by atoms with Gasteiger partial charge in [-0.2, -0.15) is 9.97 Å². The molecule has 0 radical (unpaired) electrons. The second-order valence-corrected chi connectivity index (χ2v) is 15.8. The van der Waals surface area contributed by atoms with Crippen LogP contribution in [0, 0.1) is 0 Å². The average Bonchev–Trinajstić information content (AvgIpc) is 3.97. The van der Waals surface area contributed by atoms with Gasteiger partial charge in [0.25, 0.3) is 0 Å². The molecular weight excluding hydrogens is 783 g/mol. The third-order valence-corrected chi connectivity index (χ3v) is 11.8. The maximum Gasteiger partial charge on any atom is 0.239 e. The first-order valence-electron chi connectivity index (χ1n) is 21.3. The van der Waals surface area contributed by atoms with Gasteiger partial charge in [0.15, 0.2) is 11.6 Å². The Labute approximate surface area is 369 Å². The van der Waals surface area contributed by atoms with Crippen molar-refractivity contribution in [1.82, 2.24) is 34.1 Å². The lowest BCUT2D eigenvalue weighted by atomic mass is 10.0. The molecule has 0 amide bonds. The highest BCUT2D eigenvalue weighted by Crippen LogP contribution is 2.39. The quantitative estimate of drug-likeness (QED) is 0.153. The summed E-state index contributed by atoms with van der Waals surface area (Å²) in [5.41, 5.74) is 14.3. The fraction of sp³-hybridized carbons (Fsp3) is 0. The number of para-hydroxylation sites is 4. The Kier molecular flexibility index (Phi) is 9.01.